The van der Waals surface area contributed by atoms with Crippen LogP contribution in [0.5, 0.6) is 0 Å². The van der Waals surface area contributed by atoms with E-state index in [0.717, 1.165) is 63.6 Å². The lowest BCUT2D eigenvalue weighted by atomic mass is 9.95. The van der Waals surface area contributed by atoms with Gasteiger partial charge in [0.25, 0.3) is 0 Å². The minimum atomic E-state index is -0.705. The molecule has 1 heterocycles. The summed E-state index contributed by atoms with van der Waals surface area (Å²) in [5.74, 6) is 1.58. The van der Waals surface area contributed by atoms with Crippen LogP contribution in [0.2, 0.25) is 0 Å². The van der Waals surface area contributed by atoms with Gasteiger partial charge in [-0.05, 0) is 44.2 Å². The maximum Gasteiger partial charge on any atom is 0.191 e. The molecular formula is C24H40N4O2S. The summed E-state index contributed by atoms with van der Waals surface area (Å²) in [6.07, 6.45) is 4.90. The summed E-state index contributed by atoms with van der Waals surface area (Å²) in [7, 11) is 1.11. The van der Waals surface area contributed by atoms with E-state index in [0.29, 0.717) is 23.5 Å². The van der Waals surface area contributed by atoms with Gasteiger partial charge in [0.15, 0.2) is 5.96 Å². The van der Waals surface area contributed by atoms with Crippen LogP contribution < -0.4 is 10.6 Å². The average molecular weight is 449 g/mol. The summed E-state index contributed by atoms with van der Waals surface area (Å²) in [5, 5.41) is 7.30. The third-order valence-corrected chi connectivity index (χ3v) is 7.97. The Bertz CT molecular complexity index is 730. The number of ether oxygens (including phenoxy) is 1. The molecule has 5 unspecified atom stereocenters. The number of guanidine groups is 1. The Hall–Kier alpha value is -1.44. The quantitative estimate of drug-likeness (QED) is 0.496. The van der Waals surface area contributed by atoms with Crippen LogP contribution in [0.25, 0.3) is 0 Å². The molecule has 1 aromatic rings. The van der Waals surface area contributed by atoms with Crippen molar-refractivity contribution in [2.75, 3.05) is 25.9 Å². The molecule has 31 heavy (non-hydrogen) atoms. The van der Waals surface area contributed by atoms with Crippen LogP contribution >= 0.6 is 0 Å². The number of nitrogens with one attached hydrogen (secondary N) is 2. The van der Waals surface area contributed by atoms with E-state index in [1.54, 1.807) is 0 Å². The van der Waals surface area contributed by atoms with Gasteiger partial charge in [-0.2, -0.15) is 0 Å². The van der Waals surface area contributed by atoms with Crippen molar-refractivity contribution >= 4 is 16.8 Å². The highest BCUT2D eigenvalue weighted by atomic mass is 32.2. The Kier molecular flexibility index (Phi) is 9.35. The first-order chi connectivity index (χ1) is 15.0. The van der Waals surface area contributed by atoms with Gasteiger partial charge in [-0.1, -0.05) is 37.6 Å². The molecule has 2 aliphatic rings. The maximum absolute atomic E-state index is 12.2. The number of morpholine rings is 1. The Morgan fingerprint density at radius 2 is 1.84 bits per heavy atom. The summed E-state index contributed by atoms with van der Waals surface area (Å²) < 4.78 is 18.0. The monoisotopic (exact) mass is 448 g/mol. The molecule has 1 aromatic carbocycles. The molecule has 174 valence electrons. The fourth-order valence-corrected chi connectivity index (χ4v) is 6.11. The highest BCUT2D eigenvalue weighted by Gasteiger charge is 2.26. The molecule has 6 nitrogen and oxygen atoms in total. The van der Waals surface area contributed by atoms with Gasteiger partial charge in [0.1, 0.15) is 0 Å². The number of nitrogens with zero attached hydrogens (tertiary/aromatic N) is 2. The van der Waals surface area contributed by atoms with Crippen molar-refractivity contribution in [1.29, 1.82) is 0 Å². The summed E-state index contributed by atoms with van der Waals surface area (Å²) >= 11 is 0. The molecule has 1 saturated carbocycles. The number of hydrogen-bond acceptors (Lipinski definition) is 4. The van der Waals surface area contributed by atoms with Crippen molar-refractivity contribution in [3.8, 4) is 0 Å². The highest BCUT2D eigenvalue weighted by Crippen LogP contribution is 2.23. The Labute approximate surface area is 190 Å². The van der Waals surface area contributed by atoms with E-state index in [4.69, 9.17) is 4.74 Å². The Morgan fingerprint density at radius 1 is 1.16 bits per heavy atom. The molecule has 0 spiro atoms. The van der Waals surface area contributed by atoms with Gasteiger partial charge < -0.3 is 15.4 Å². The molecular weight excluding hydrogens is 408 g/mol. The minimum absolute atomic E-state index is 0.299. The number of rotatable bonds is 7. The van der Waals surface area contributed by atoms with Gasteiger partial charge in [-0.25, -0.2) is 0 Å². The number of hydrogen-bond donors (Lipinski definition) is 2. The second-order valence-corrected chi connectivity index (χ2v) is 11.0. The summed E-state index contributed by atoms with van der Waals surface area (Å²) in [6, 6.07) is 9.20. The Balaban J connectivity index is 1.45. The van der Waals surface area contributed by atoms with Crippen molar-refractivity contribution in [3.63, 3.8) is 0 Å². The van der Waals surface area contributed by atoms with Gasteiger partial charge >= 0.3 is 0 Å². The van der Waals surface area contributed by atoms with Gasteiger partial charge in [-0.3, -0.25) is 14.1 Å². The van der Waals surface area contributed by atoms with Crippen LogP contribution in [-0.4, -0.2) is 64.5 Å². The molecule has 3 rings (SSSR count). The first kappa shape index (κ1) is 24.2. The van der Waals surface area contributed by atoms with E-state index in [9.17, 15) is 4.21 Å². The molecule has 2 N–H and O–H groups in total. The summed E-state index contributed by atoms with van der Waals surface area (Å²) in [4.78, 5) is 6.87. The van der Waals surface area contributed by atoms with Crippen LogP contribution in [0.3, 0.4) is 0 Å². The van der Waals surface area contributed by atoms with Crippen LogP contribution in [0.15, 0.2) is 29.3 Å². The van der Waals surface area contributed by atoms with E-state index >= 15 is 0 Å². The molecule has 2 fully saturated rings. The third-order valence-electron chi connectivity index (χ3n) is 6.23. The number of aliphatic imine (C=N–C) groups is 1. The summed E-state index contributed by atoms with van der Waals surface area (Å²) in [5.41, 5.74) is 2.58. The van der Waals surface area contributed by atoms with Crippen molar-refractivity contribution in [2.24, 2.45) is 4.99 Å². The molecule has 1 aliphatic heterocycles. The van der Waals surface area contributed by atoms with Gasteiger partial charge in [0, 0.05) is 61.1 Å². The largest absolute Gasteiger partial charge is 0.373 e. The van der Waals surface area contributed by atoms with Gasteiger partial charge in [-0.15, -0.1) is 0 Å². The van der Waals surface area contributed by atoms with E-state index in [-0.39, 0.29) is 0 Å². The second kappa shape index (κ2) is 12.0. The predicted octanol–water partition coefficient (Wildman–Crippen LogP) is 3.04. The second-order valence-electron chi connectivity index (χ2n) is 8.99. The van der Waals surface area contributed by atoms with Crippen LogP contribution in [0.1, 0.15) is 57.6 Å². The highest BCUT2D eigenvalue weighted by molar-refractivity contribution is 7.85. The zero-order valence-electron chi connectivity index (χ0n) is 19.6. The normalized spacial score (nSPS) is 28.8. The average Bonchev–Trinajstić information content (AvgIpc) is 2.76. The van der Waals surface area contributed by atoms with Crippen molar-refractivity contribution in [1.82, 2.24) is 15.5 Å². The van der Waals surface area contributed by atoms with E-state index in [1.165, 1.54) is 11.1 Å². The first-order valence-corrected chi connectivity index (χ1v) is 13.1. The van der Waals surface area contributed by atoms with Crippen LogP contribution in [0.4, 0.5) is 0 Å². The fraction of sp³-hybridized carbons (Fsp3) is 0.708. The van der Waals surface area contributed by atoms with E-state index in [2.05, 4.69) is 58.6 Å². The fourth-order valence-electron chi connectivity index (χ4n) is 4.76. The SMILES string of the molecule is CCS(=O)C1CCCC(NC(=NC)NCc2ccc(CN3CC(C)OC(C)C3)cc2)C1. The Morgan fingerprint density at radius 3 is 2.48 bits per heavy atom. The summed E-state index contributed by atoms with van der Waals surface area (Å²) in [6.45, 7) is 10.00. The van der Waals surface area contributed by atoms with Crippen molar-refractivity contribution in [2.45, 2.75) is 83.0 Å². The van der Waals surface area contributed by atoms with Crippen LogP contribution in [0, 0.1) is 0 Å². The number of benzene rings is 1. The maximum atomic E-state index is 12.2. The van der Waals surface area contributed by atoms with E-state index in [1.807, 2.05) is 14.0 Å². The molecule has 1 saturated heterocycles. The third kappa shape index (κ3) is 7.58. The topological polar surface area (TPSA) is 66.0 Å². The predicted molar refractivity (Wildman–Crippen MR) is 130 cm³/mol. The van der Waals surface area contributed by atoms with Crippen molar-refractivity contribution < 1.29 is 8.95 Å². The lowest BCUT2D eigenvalue weighted by Crippen LogP contribution is -2.46. The van der Waals surface area contributed by atoms with Crippen LogP contribution in [-0.2, 0) is 28.6 Å². The molecule has 5 atom stereocenters. The van der Waals surface area contributed by atoms with Crippen molar-refractivity contribution in [3.05, 3.63) is 35.4 Å². The van der Waals surface area contributed by atoms with E-state index < -0.39 is 10.8 Å². The lowest BCUT2D eigenvalue weighted by Gasteiger charge is -2.35. The first-order valence-electron chi connectivity index (χ1n) is 11.8. The lowest BCUT2D eigenvalue weighted by molar-refractivity contribution is -0.0704. The molecule has 1 aliphatic carbocycles. The standard InChI is InChI=1S/C24H40N4O2S/c1-5-31(29)23-8-6-7-22(13-23)27-24(25-4)26-14-20-9-11-21(12-10-20)17-28-15-18(2)30-19(3)16-28/h9-12,18-19,22-23H,5-8,13-17H2,1-4H3,(H2,25,26,27). The molecule has 0 amide bonds. The minimum Gasteiger partial charge on any atom is -0.373 e. The zero-order valence-corrected chi connectivity index (χ0v) is 20.4. The van der Waals surface area contributed by atoms with Gasteiger partial charge in [0.2, 0.25) is 0 Å². The molecule has 0 bridgehead atoms. The zero-order chi connectivity index (χ0) is 22.2. The van der Waals surface area contributed by atoms with Gasteiger partial charge in [0.05, 0.1) is 12.2 Å². The molecule has 0 aromatic heterocycles. The molecule has 0 radical (unpaired) electrons. The molecule has 7 heteroatoms. The smallest absolute Gasteiger partial charge is 0.191 e.